The van der Waals surface area contributed by atoms with Crippen LogP contribution in [0.25, 0.3) is 0 Å². The second-order valence-electron chi connectivity index (χ2n) is 4.70. The van der Waals surface area contributed by atoms with Gasteiger partial charge in [0, 0.05) is 19.2 Å². The number of sulfonamides is 1. The molecule has 0 spiro atoms. The predicted octanol–water partition coefficient (Wildman–Crippen LogP) is 3.26. The number of nitro benzene ring substituents is 1. The number of thiophene rings is 1. The molecule has 0 aliphatic heterocycles. The van der Waals surface area contributed by atoms with Crippen molar-refractivity contribution in [3.05, 3.63) is 56.8 Å². The molecular formula is C14H16N2O4S2. The Hall–Kier alpha value is -1.77. The Morgan fingerprint density at radius 1 is 1.27 bits per heavy atom. The van der Waals surface area contributed by atoms with E-state index in [1.54, 1.807) is 0 Å². The zero-order chi connectivity index (χ0) is 16.2. The third kappa shape index (κ3) is 3.52. The zero-order valence-corrected chi connectivity index (χ0v) is 13.6. The minimum absolute atomic E-state index is 0.214. The van der Waals surface area contributed by atoms with Crippen molar-refractivity contribution in [2.75, 3.05) is 6.54 Å². The molecule has 1 aromatic heterocycles. The molecule has 0 amide bonds. The third-order valence-electron chi connectivity index (χ3n) is 3.09. The summed E-state index contributed by atoms with van der Waals surface area (Å²) in [4.78, 5) is 10.2. The lowest BCUT2D eigenvalue weighted by Crippen LogP contribution is -2.31. The van der Waals surface area contributed by atoms with Crippen molar-refractivity contribution >= 4 is 27.0 Å². The van der Waals surface area contributed by atoms with Crippen molar-refractivity contribution in [1.82, 2.24) is 4.31 Å². The quantitative estimate of drug-likeness (QED) is 0.572. The number of nitrogens with zero attached hydrogens (tertiary/aromatic N) is 2. The fourth-order valence-corrected chi connectivity index (χ4v) is 4.42. The summed E-state index contributed by atoms with van der Waals surface area (Å²) in [5.74, 6) is 0. The lowest BCUT2D eigenvalue weighted by Gasteiger charge is -2.21. The van der Waals surface area contributed by atoms with Gasteiger partial charge in [-0.1, -0.05) is 19.1 Å². The second kappa shape index (κ2) is 6.99. The topological polar surface area (TPSA) is 80.5 Å². The molecule has 22 heavy (non-hydrogen) atoms. The molecule has 1 heterocycles. The van der Waals surface area contributed by atoms with Crippen LogP contribution in [0.5, 0.6) is 0 Å². The first-order valence-corrected chi connectivity index (χ1v) is 9.09. The molecule has 0 aliphatic rings. The summed E-state index contributed by atoms with van der Waals surface area (Å²) >= 11 is 1.48. The van der Waals surface area contributed by atoms with Crippen molar-refractivity contribution in [3.63, 3.8) is 0 Å². The van der Waals surface area contributed by atoms with E-state index in [-0.39, 0.29) is 11.4 Å². The monoisotopic (exact) mass is 340 g/mol. The fraction of sp³-hybridized carbons (Fsp3) is 0.286. The smallest absolute Gasteiger partial charge is 0.258 e. The zero-order valence-electron chi connectivity index (χ0n) is 12.0. The van der Waals surface area contributed by atoms with Gasteiger partial charge < -0.3 is 0 Å². The Labute approximate surface area is 133 Å². The number of benzene rings is 1. The summed E-state index contributed by atoms with van der Waals surface area (Å²) in [6.45, 7) is 2.39. The average Bonchev–Trinajstić information content (AvgIpc) is 3.00. The Kier molecular flexibility index (Phi) is 5.28. The molecule has 2 aromatic rings. The van der Waals surface area contributed by atoms with Gasteiger partial charge in [0.05, 0.1) is 4.92 Å². The molecule has 0 bridgehead atoms. The summed E-state index contributed by atoms with van der Waals surface area (Å²) in [7, 11) is -3.92. The van der Waals surface area contributed by atoms with Crippen LogP contribution < -0.4 is 0 Å². The van der Waals surface area contributed by atoms with E-state index in [1.165, 1.54) is 39.9 Å². The minimum atomic E-state index is -3.92. The first-order valence-electron chi connectivity index (χ1n) is 6.71. The van der Waals surface area contributed by atoms with Gasteiger partial charge in [-0.15, -0.1) is 0 Å². The van der Waals surface area contributed by atoms with Crippen molar-refractivity contribution in [1.29, 1.82) is 0 Å². The largest absolute Gasteiger partial charge is 0.289 e. The fourth-order valence-electron chi connectivity index (χ4n) is 2.09. The molecule has 0 radical (unpaired) electrons. The van der Waals surface area contributed by atoms with Gasteiger partial charge in [-0.3, -0.25) is 10.1 Å². The highest BCUT2D eigenvalue weighted by atomic mass is 32.2. The molecule has 1 aromatic carbocycles. The Balaban J connectivity index is 2.43. The number of hydrogen-bond acceptors (Lipinski definition) is 5. The maximum atomic E-state index is 12.8. The third-order valence-corrected chi connectivity index (χ3v) is 5.72. The highest BCUT2D eigenvalue weighted by molar-refractivity contribution is 7.89. The molecule has 0 unspecified atom stereocenters. The van der Waals surface area contributed by atoms with Crippen LogP contribution in [0, 0.1) is 10.1 Å². The molecule has 0 atom stereocenters. The standard InChI is InChI=1S/C14H16N2O4S2/c1-2-8-15(10-12-7-9-21-11-12)22(19,20)14-6-4-3-5-13(14)16(17)18/h3-7,9,11H,2,8,10H2,1H3. The molecule has 0 fully saturated rings. The van der Waals surface area contributed by atoms with E-state index < -0.39 is 20.6 Å². The van der Waals surface area contributed by atoms with Gasteiger partial charge in [0.25, 0.3) is 5.69 Å². The lowest BCUT2D eigenvalue weighted by atomic mass is 10.3. The summed E-state index contributed by atoms with van der Waals surface area (Å²) in [6.07, 6.45) is 0.629. The predicted molar refractivity (Wildman–Crippen MR) is 85.3 cm³/mol. The number of nitro groups is 1. The molecule has 6 nitrogen and oxygen atoms in total. The van der Waals surface area contributed by atoms with Crippen LogP contribution in [0.15, 0.2) is 46.0 Å². The van der Waals surface area contributed by atoms with E-state index in [1.807, 2.05) is 23.8 Å². The van der Waals surface area contributed by atoms with Crippen LogP contribution in [0.3, 0.4) is 0 Å². The maximum Gasteiger partial charge on any atom is 0.289 e. The van der Waals surface area contributed by atoms with Gasteiger partial charge in [0.1, 0.15) is 0 Å². The van der Waals surface area contributed by atoms with E-state index in [0.29, 0.717) is 13.0 Å². The highest BCUT2D eigenvalue weighted by Crippen LogP contribution is 2.27. The Morgan fingerprint density at radius 3 is 2.59 bits per heavy atom. The van der Waals surface area contributed by atoms with Crippen molar-refractivity contribution in [2.45, 2.75) is 24.8 Å². The van der Waals surface area contributed by atoms with E-state index in [0.717, 1.165) is 5.56 Å². The molecule has 0 saturated heterocycles. The molecule has 0 N–H and O–H groups in total. The van der Waals surface area contributed by atoms with Gasteiger partial charge in [0.15, 0.2) is 4.90 Å². The van der Waals surface area contributed by atoms with Gasteiger partial charge in [-0.2, -0.15) is 15.6 Å². The van der Waals surface area contributed by atoms with Gasteiger partial charge in [-0.25, -0.2) is 8.42 Å². The average molecular weight is 340 g/mol. The number of para-hydroxylation sites is 1. The van der Waals surface area contributed by atoms with Crippen LogP contribution in [0.2, 0.25) is 0 Å². The van der Waals surface area contributed by atoms with E-state index in [9.17, 15) is 18.5 Å². The molecule has 0 saturated carbocycles. The van der Waals surface area contributed by atoms with Gasteiger partial charge >= 0.3 is 0 Å². The SMILES string of the molecule is CCCN(Cc1ccsc1)S(=O)(=O)c1ccccc1[N+](=O)[O-]. The first-order chi connectivity index (χ1) is 10.5. The summed E-state index contributed by atoms with van der Waals surface area (Å²) in [5.41, 5.74) is 0.481. The first kappa shape index (κ1) is 16.6. The van der Waals surface area contributed by atoms with Crippen LogP contribution >= 0.6 is 11.3 Å². The maximum absolute atomic E-state index is 12.8. The minimum Gasteiger partial charge on any atom is -0.258 e. The summed E-state index contributed by atoms with van der Waals surface area (Å²) in [6, 6.07) is 7.29. The highest BCUT2D eigenvalue weighted by Gasteiger charge is 2.30. The Bertz CT molecular complexity index is 742. The van der Waals surface area contributed by atoms with Crippen LogP contribution in [0.1, 0.15) is 18.9 Å². The van der Waals surface area contributed by atoms with Gasteiger partial charge in [-0.05, 0) is 34.9 Å². The van der Waals surface area contributed by atoms with Crippen molar-refractivity contribution < 1.29 is 13.3 Å². The van der Waals surface area contributed by atoms with Crippen LogP contribution in [-0.2, 0) is 16.6 Å². The van der Waals surface area contributed by atoms with E-state index >= 15 is 0 Å². The van der Waals surface area contributed by atoms with Crippen molar-refractivity contribution in [2.24, 2.45) is 0 Å². The van der Waals surface area contributed by atoms with E-state index in [2.05, 4.69) is 0 Å². The van der Waals surface area contributed by atoms with Crippen LogP contribution in [-0.4, -0.2) is 24.2 Å². The Morgan fingerprint density at radius 2 is 2.00 bits per heavy atom. The normalized spacial score (nSPS) is 11.7. The number of rotatable bonds is 7. The van der Waals surface area contributed by atoms with Gasteiger partial charge in [0.2, 0.25) is 10.0 Å². The molecule has 8 heteroatoms. The molecular weight excluding hydrogens is 324 g/mol. The summed E-state index contributed by atoms with van der Waals surface area (Å²) in [5, 5.41) is 14.8. The van der Waals surface area contributed by atoms with E-state index in [4.69, 9.17) is 0 Å². The second-order valence-corrected chi connectivity index (χ2v) is 7.38. The number of hydrogen-bond donors (Lipinski definition) is 0. The molecule has 0 aliphatic carbocycles. The lowest BCUT2D eigenvalue weighted by molar-refractivity contribution is -0.387. The summed E-state index contributed by atoms with van der Waals surface area (Å²) < 4.78 is 26.9. The van der Waals surface area contributed by atoms with Crippen LogP contribution in [0.4, 0.5) is 5.69 Å². The molecule has 118 valence electrons. The molecule has 2 rings (SSSR count). The van der Waals surface area contributed by atoms with Crippen molar-refractivity contribution in [3.8, 4) is 0 Å².